The Morgan fingerprint density at radius 1 is 1.56 bits per heavy atom. The van der Waals surface area contributed by atoms with Gasteiger partial charge in [0.25, 0.3) is 0 Å². The second-order valence-electron chi connectivity index (χ2n) is 4.36. The molecule has 2 rings (SSSR count). The van der Waals surface area contributed by atoms with E-state index in [4.69, 9.17) is 0 Å². The van der Waals surface area contributed by atoms with E-state index >= 15 is 0 Å². The van der Waals surface area contributed by atoms with Crippen LogP contribution in [-0.4, -0.2) is 23.7 Å². The van der Waals surface area contributed by atoms with Crippen molar-refractivity contribution in [2.24, 2.45) is 0 Å². The van der Waals surface area contributed by atoms with Gasteiger partial charge in [-0.25, -0.2) is 0 Å². The normalized spacial score (nSPS) is 20.6. The summed E-state index contributed by atoms with van der Waals surface area (Å²) >= 11 is 0. The molecule has 3 heteroatoms. The third kappa shape index (κ3) is 1.66. The maximum atomic E-state index is 11.2. The second-order valence-corrected chi connectivity index (χ2v) is 4.36. The molecule has 0 bridgehead atoms. The standard InChI is InChI=1S/C13H17NO2/c1-3-9(2)14-8-11(13(15)16)10-6-4-5-7-12(10)14/h4-7,9,11H,3,8H2,1-2H3,(H,15,16). The van der Waals surface area contributed by atoms with Crippen LogP contribution >= 0.6 is 0 Å². The van der Waals surface area contributed by atoms with Gasteiger partial charge in [0.15, 0.2) is 0 Å². The van der Waals surface area contributed by atoms with Gasteiger partial charge in [0.2, 0.25) is 0 Å². The molecule has 0 aliphatic carbocycles. The number of hydrogen-bond acceptors (Lipinski definition) is 2. The van der Waals surface area contributed by atoms with Gasteiger partial charge in [0.1, 0.15) is 5.92 Å². The smallest absolute Gasteiger partial charge is 0.312 e. The summed E-state index contributed by atoms with van der Waals surface area (Å²) in [5.41, 5.74) is 2.04. The van der Waals surface area contributed by atoms with Crippen LogP contribution in [0.5, 0.6) is 0 Å². The van der Waals surface area contributed by atoms with Gasteiger partial charge in [-0.1, -0.05) is 25.1 Å². The van der Waals surface area contributed by atoms with E-state index in [1.165, 1.54) is 0 Å². The molecule has 0 radical (unpaired) electrons. The summed E-state index contributed by atoms with van der Waals surface area (Å²) in [6.07, 6.45) is 1.03. The fourth-order valence-electron chi connectivity index (χ4n) is 2.29. The summed E-state index contributed by atoms with van der Waals surface area (Å²) < 4.78 is 0. The van der Waals surface area contributed by atoms with E-state index in [9.17, 15) is 9.90 Å². The lowest BCUT2D eigenvalue weighted by atomic mass is 10.0. The SMILES string of the molecule is CCC(C)N1CC(C(=O)O)c2ccccc21. The number of benzene rings is 1. The van der Waals surface area contributed by atoms with Crippen molar-refractivity contribution in [2.45, 2.75) is 32.2 Å². The minimum atomic E-state index is -0.724. The summed E-state index contributed by atoms with van der Waals surface area (Å²) in [5, 5.41) is 9.21. The van der Waals surface area contributed by atoms with Crippen molar-refractivity contribution < 1.29 is 9.90 Å². The van der Waals surface area contributed by atoms with E-state index in [1.54, 1.807) is 0 Å². The van der Waals surface area contributed by atoms with E-state index in [0.717, 1.165) is 17.7 Å². The number of carboxylic acid groups (broad SMARTS) is 1. The summed E-state index contributed by atoms with van der Waals surface area (Å²) in [6, 6.07) is 8.22. The summed E-state index contributed by atoms with van der Waals surface area (Å²) in [4.78, 5) is 13.4. The van der Waals surface area contributed by atoms with Crippen LogP contribution < -0.4 is 4.90 Å². The molecule has 1 aromatic rings. The van der Waals surface area contributed by atoms with Crippen molar-refractivity contribution in [3.8, 4) is 0 Å². The molecule has 0 fully saturated rings. The lowest BCUT2D eigenvalue weighted by Crippen LogP contribution is -2.32. The molecule has 1 aliphatic heterocycles. The lowest BCUT2D eigenvalue weighted by Gasteiger charge is -2.26. The lowest BCUT2D eigenvalue weighted by molar-refractivity contribution is -0.138. The monoisotopic (exact) mass is 219 g/mol. The third-order valence-corrected chi connectivity index (χ3v) is 3.42. The molecule has 0 saturated carbocycles. The molecular weight excluding hydrogens is 202 g/mol. The maximum absolute atomic E-state index is 11.2. The minimum absolute atomic E-state index is 0.370. The van der Waals surface area contributed by atoms with Crippen molar-refractivity contribution in [2.75, 3.05) is 11.4 Å². The topological polar surface area (TPSA) is 40.5 Å². The molecule has 2 atom stereocenters. The van der Waals surface area contributed by atoms with Crippen LogP contribution in [0.25, 0.3) is 0 Å². The van der Waals surface area contributed by atoms with Crippen molar-refractivity contribution >= 4 is 11.7 Å². The zero-order valence-electron chi connectivity index (χ0n) is 9.68. The van der Waals surface area contributed by atoms with E-state index in [1.807, 2.05) is 24.3 Å². The van der Waals surface area contributed by atoms with Gasteiger partial charge >= 0.3 is 5.97 Å². The Labute approximate surface area is 95.7 Å². The molecule has 86 valence electrons. The molecule has 1 heterocycles. The molecule has 0 aromatic heterocycles. The van der Waals surface area contributed by atoms with Crippen molar-refractivity contribution in [1.82, 2.24) is 0 Å². The van der Waals surface area contributed by atoms with Crippen molar-refractivity contribution in [3.63, 3.8) is 0 Å². The molecule has 16 heavy (non-hydrogen) atoms. The van der Waals surface area contributed by atoms with Crippen molar-refractivity contribution in [1.29, 1.82) is 0 Å². The van der Waals surface area contributed by atoms with E-state index in [2.05, 4.69) is 18.7 Å². The van der Waals surface area contributed by atoms with Crippen LogP contribution in [-0.2, 0) is 4.79 Å². The average Bonchev–Trinajstić information content (AvgIpc) is 2.67. The van der Waals surface area contributed by atoms with Gasteiger partial charge in [-0.05, 0) is 25.0 Å². The molecule has 1 aromatic carbocycles. The van der Waals surface area contributed by atoms with Gasteiger partial charge in [-0.3, -0.25) is 4.79 Å². The largest absolute Gasteiger partial charge is 0.481 e. The summed E-state index contributed by atoms with van der Waals surface area (Å²) in [6.45, 7) is 4.87. The first-order valence-corrected chi connectivity index (χ1v) is 5.73. The molecule has 0 saturated heterocycles. The predicted molar refractivity (Wildman–Crippen MR) is 63.9 cm³/mol. The highest BCUT2D eigenvalue weighted by atomic mass is 16.4. The average molecular weight is 219 g/mol. The molecule has 1 aliphatic rings. The number of anilines is 1. The zero-order chi connectivity index (χ0) is 11.7. The number of fused-ring (bicyclic) bond motifs is 1. The summed E-state index contributed by atoms with van der Waals surface area (Å²) in [7, 11) is 0. The second kappa shape index (κ2) is 4.16. The fraction of sp³-hybridized carbons (Fsp3) is 0.462. The molecule has 0 spiro atoms. The van der Waals surface area contributed by atoms with E-state index < -0.39 is 5.97 Å². The minimum Gasteiger partial charge on any atom is -0.481 e. The van der Waals surface area contributed by atoms with Crippen LogP contribution in [0.2, 0.25) is 0 Å². The Morgan fingerprint density at radius 3 is 2.88 bits per heavy atom. The predicted octanol–water partition coefficient (Wildman–Crippen LogP) is 2.47. The third-order valence-electron chi connectivity index (χ3n) is 3.42. The van der Waals surface area contributed by atoms with Gasteiger partial charge in [-0.15, -0.1) is 0 Å². The van der Waals surface area contributed by atoms with E-state index in [-0.39, 0.29) is 5.92 Å². The highest BCUT2D eigenvalue weighted by Gasteiger charge is 2.34. The number of carboxylic acids is 1. The number of aliphatic carboxylic acids is 1. The number of carbonyl (C=O) groups is 1. The molecule has 2 unspecified atom stereocenters. The fourth-order valence-corrected chi connectivity index (χ4v) is 2.29. The number of para-hydroxylation sites is 1. The molecular formula is C13H17NO2. The number of rotatable bonds is 3. The number of hydrogen-bond donors (Lipinski definition) is 1. The Bertz CT molecular complexity index is 403. The van der Waals surface area contributed by atoms with Crippen LogP contribution in [0.3, 0.4) is 0 Å². The quantitative estimate of drug-likeness (QED) is 0.849. The Morgan fingerprint density at radius 2 is 2.25 bits per heavy atom. The Kier molecular flexibility index (Phi) is 2.86. The number of nitrogens with zero attached hydrogens (tertiary/aromatic N) is 1. The molecule has 0 amide bonds. The molecule has 1 N–H and O–H groups in total. The van der Waals surface area contributed by atoms with Gasteiger partial charge < -0.3 is 10.0 Å². The first-order chi connectivity index (χ1) is 7.65. The molecule has 3 nitrogen and oxygen atoms in total. The van der Waals surface area contributed by atoms with Gasteiger partial charge in [0, 0.05) is 18.3 Å². The van der Waals surface area contributed by atoms with Crippen LogP contribution in [0.1, 0.15) is 31.7 Å². The Balaban J connectivity index is 2.39. The highest BCUT2D eigenvalue weighted by molar-refractivity contribution is 5.83. The van der Waals surface area contributed by atoms with Crippen LogP contribution in [0.15, 0.2) is 24.3 Å². The van der Waals surface area contributed by atoms with Gasteiger partial charge in [-0.2, -0.15) is 0 Å². The highest BCUT2D eigenvalue weighted by Crippen LogP contribution is 2.37. The van der Waals surface area contributed by atoms with Crippen LogP contribution in [0, 0.1) is 0 Å². The Hall–Kier alpha value is -1.51. The first-order valence-electron chi connectivity index (χ1n) is 5.73. The van der Waals surface area contributed by atoms with Crippen LogP contribution in [0.4, 0.5) is 5.69 Å². The zero-order valence-corrected chi connectivity index (χ0v) is 9.68. The maximum Gasteiger partial charge on any atom is 0.312 e. The van der Waals surface area contributed by atoms with E-state index in [0.29, 0.717) is 12.6 Å². The summed E-state index contributed by atoms with van der Waals surface area (Å²) in [5.74, 6) is -1.09. The van der Waals surface area contributed by atoms with Crippen molar-refractivity contribution in [3.05, 3.63) is 29.8 Å². The first kappa shape index (κ1) is 11.0. The van der Waals surface area contributed by atoms with Gasteiger partial charge in [0.05, 0.1) is 0 Å².